The van der Waals surface area contributed by atoms with Crippen LogP contribution in [0.25, 0.3) is 0 Å². The molecule has 5 N–H and O–H groups in total. The topological polar surface area (TPSA) is 76.4 Å². The van der Waals surface area contributed by atoms with Crippen molar-refractivity contribution in [3.05, 3.63) is 29.6 Å². The summed E-state index contributed by atoms with van der Waals surface area (Å²) < 4.78 is 13.1. The first-order valence-corrected chi connectivity index (χ1v) is 3.70. The maximum absolute atomic E-state index is 13.1. The largest absolute Gasteiger partial charge is 0.386 e. The first-order valence-electron chi connectivity index (χ1n) is 3.70. The molecule has 0 saturated heterocycles. The van der Waals surface area contributed by atoms with Crippen LogP contribution in [-0.4, -0.2) is 12.9 Å². The molecule has 1 rings (SSSR count). The standard InChI is InChI=1S/C8H11FN4/c1-12-7-3-2-5(4-6(7)9)8(10)13-11/h2-4,12H,11H2,1H3,(H2,10,13). The Kier molecular flexibility index (Phi) is 2.69. The van der Waals surface area contributed by atoms with E-state index in [9.17, 15) is 4.39 Å². The lowest BCUT2D eigenvalue weighted by Gasteiger charge is -2.04. The number of nitrogens with one attached hydrogen (secondary N) is 1. The van der Waals surface area contributed by atoms with Gasteiger partial charge in [0, 0.05) is 12.6 Å². The number of hydrazone groups is 1. The van der Waals surface area contributed by atoms with Crippen molar-refractivity contribution in [2.75, 3.05) is 12.4 Å². The number of anilines is 1. The van der Waals surface area contributed by atoms with E-state index in [4.69, 9.17) is 11.6 Å². The number of nitrogens with zero attached hydrogens (tertiary/aromatic N) is 1. The van der Waals surface area contributed by atoms with E-state index < -0.39 is 0 Å². The van der Waals surface area contributed by atoms with Crippen LogP contribution in [0.5, 0.6) is 0 Å². The van der Waals surface area contributed by atoms with Crippen LogP contribution in [0.4, 0.5) is 10.1 Å². The zero-order valence-electron chi connectivity index (χ0n) is 7.21. The Morgan fingerprint density at radius 3 is 2.69 bits per heavy atom. The van der Waals surface area contributed by atoms with Gasteiger partial charge in [0.25, 0.3) is 0 Å². The van der Waals surface area contributed by atoms with Gasteiger partial charge in [0.2, 0.25) is 0 Å². The molecule has 0 aromatic heterocycles. The molecule has 0 aliphatic heterocycles. The van der Waals surface area contributed by atoms with Crippen molar-refractivity contribution >= 4 is 11.5 Å². The first-order chi connectivity index (χ1) is 6.19. The van der Waals surface area contributed by atoms with Crippen LogP contribution < -0.4 is 16.9 Å². The van der Waals surface area contributed by atoms with E-state index >= 15 is 0 Å². The molecule has 0 aliphatic rings. The van der Waals surface area contributed by atoms with Crippen LogP contribution in [-0.2, 0) is 0 Å². The van der Waals surface area contributed by atoms with Crippen LogP contribution in [0.1, 0.15) is 5.56 Å². The molecule has 1 aromatic rings. The zero-order chi connectivity index (χ0) is 9.84. The number of amidine groups is 1. The second-order valence-electron chi connectivity index (χ2n) is 2.46. The summed E-state index contributed by atoms with van der Waals surface area (Å²) in [7, 11) is 1.64. The van der Waals surface area contributed by atoms with Gasteiger partial charge in [-0.2, -0.15) is 5.10 Å². The molecule has 0 radical (unpaired) electrons. The minimum atomic E-state index is -0.383. The Labute approximate surface area is 75.4 Å². The Balaban J connectivity index is 3.10. The van der Waals surface area contributed by atoms with Gasteiger partial charge in [-0.25, -0.2) is 4.39 Å². The molecular formula is C8H11FN4. The minimum Gasteiger partial charge on any atom is -0.386 e. The summed E-state index contributed by atoms with van der Waals surface area (Å²) in [6.07, 6.45) is 0. The summed E-state index contributed by atoms with van der Waals surface area (Å²) in [5.74, 6) is 4.68. The lowest BCUT2D eigenvalue weighted by molar-refractivity contribution is 0.631. The van der Waals surface area contributed by atoms with Gasteiger partial charge < -0.3 is 16.9 Å². The fourth-order valence-electron chi connectivity index (χ4n) is 0.952. The average Bonchev–Trinajstić information content (AvgIpc) is 2.16. The predicted octanol–water partition coefficient (Wildman–Crippen LogP) is 0.446. The highest BCUT2D eigenvalue weighted by Gasteiger charge is 2.03. The smallest absolute Gasteiger partial charge is 0.150 e. The summed E-state index contributed by atoms with van der Waals surface area (Å²) in [6, 6.07) is 4.49. The molecule has 0 spiro atoms. The van der Waals surface area contributed by atoms with Crippen LogP contribution >= 0.6 is 0 Å². The number of hydrogen-bond acceptors (Lipinski definition) is 3. The molecule has 0 saturated carbocycles. The Hall–Kier alpha value is -1.78. The zero-order valence-corrected chi connectivity index (χ0v) is 7.21. The number of nitrogens with two attached hydrogens (primary N) is 2. The third-order valence-corrected chi connectivity index (χ3v) is 1.67. The highest BCUT2D eigenvalue weighted by Crippen LogP contribution is 2.14. The summed E-state index contributed by atoms with van der Waals surface area (Å²) in [5.41, 5.74) is 6.27. The van der Waals surface area contributed by atoms with Crippen LogP contribution in [0.15, 0.2) is 23.3 Å². The monoisotopic (exact) mass is 182 g/mol. The maximum atomic E-state index is 13.1. The Bertz CT molecular complexity index is 335. The van der Waals surface area contributed by atoms with Gasteiger partial charge in [-0.3, -0.25) is 0 Å². The van der Waals surface area contributed by atoms with Crippen LogP contribution in [0.3, 0.4) is 0 Å². The quantitative estimate of drug-likeness (QED) is 0.269. The molecule has 0 atom stereocenters. The average molecular weight is 182 g/mol. The molecule has 0 amide bonds. The number of rotatable bonds is 2. The van der Waals surface area contributed by atoms with E-state index in [0.29, 0.717) is 11.3 Å². The van der Waals surface area contributed by atoms with Crippen molar-refractivity contribution in [1.82, 2.24) is 0 Å². The number of halogens is 1. The fraction of sp³-hybridized carbons (Fsp3) is 0.125. The van der Waals surface area contributed by atoms with Crippen molar-refractivity contribution in [2.24, 2.45) is 16.7 Å². The highest BCUT2D eigenvalue weighted by atomic mass is 19.1. The lowest BCUT2D eigenvalue weighted by Crippen LogP contribution is -2.15. The van der Waals surface area contributed by atoms with Crippen molar-refractivity contribution in [2.45, 2.75) is 0 Å². The van der Waals surface area contributed by atoms with Gasteiger partial charge >= 0.3 is 0 Å². The predicted molar refractivity (Wildman–Crippen MR) is 50.9 cm³/mol. The van der Waals surface area contributed by atoms with E-state index in [1.807, 2.05) is 0 Å². The van der Waals surface area contributed by atoms with Gasteiger partial charge in [0.1, 0.15) is 11.7 Å². The van der Waals surface area contributed by atoms with Crippen molar-refractivity contribution in [3.63, 3.8) is 0 Å². The molecular weight excluding hydrogens is 171 g/mol. The first kappa shape index (κ1) is 9.31. The van der Waals surface area contributed by atoms with Crippen molar-refractivity contribution < 1.29 is 4.39 Å². The molecule has 0 bridgehead atoms. The molecule has 5 heteroatoms. The van der Waals surface area contributed by atoms with Crippen LogP contribution in [0, 0.1) is 5.82 Å². The van der Waals surface area contributed by atoms with Gasteiger partial charge in [-0.1, -0.05) is 0 Å². The third-order valence-electron chi connectivity index (χ3n) is 1.67. The van der Waals surface area contributed by atoms with Gasteiger partial charge in [0.05, 0.1) is 5.69 Å². The van der Waals surface area contributed by atoms with E-state index in [-0.39, 0.29) is 11.7 Å². The number of benzene rings is 1. The molecule has 1 aromatic carbocycles. The van der Waals surface area contributed by atoms with Gasteiger partial charge in [-0.05, 0) is 18.2 Å². The van der Waals surface area contributed by atoms with Crippen molar-refractivity contribution in [3.8, 4) is 0 Å². The van der Waals surface area contributed by atoms with E-state index in [2.05, 4.69) is 10.4 Å². The normalized spacial score (nSPS) is 11.4. The molecule has 0 aliphatic carbocycles. The highest BCUT2D eigenvalue weighted by molar-refractivity contribution is 5.97. The van der Waals surface area contributed by atoms with E-state index in [0.717, 1.165) is 0 Å². The van der Waals surface area contributed by atoms with E-state index in [1.54, 1.807) is 19.2 Å². The molecule has 0 heterocycles. The van der Waals surface area contributed by atoms with Crippen molar-refractivity contribution in [1.29, 1.82) is 0 Å². The molecule has 13 heavy (non-hydrogen) atoms. The molecule has 70 valence electrons. The van der Waals surface area contributed by atoms with Gasteiger partial charge in [-0.15, -0.1) is 0 Å². The Morgan fingerprint density at radius 1 is 1.54 bits per heavy atom. The minimum absolute atomic E-state index is 0.113. The molecule has 4 nitrogen and oxygen atoms in total. The van der Waals surface area contributed by atoms with E-state index in [1.165, 1.54) is 6.07 Å². The SMILES string of the molecule is CNc1ccc(/C(N)=N/N)cc1F. The second-order valence-corrected chi connectivity index (χ2v) is 2.46. The van der Waals surface area contributed by atoms with Gasteiger partial charge in [0.15, 0.2) is 0 Å². The summed E-state index contributed by atoms with van der Waals surface area (Å²) in [6.45, 7) is 0. The van der Waals surface area contributed by atoms with Crippen LogP contribution in [0.2, 0.25) is 0 Å². The number of hydrogen-bond donors (Lipinski definition) is 3. The summed E-state index contributed by atoms with van der Waals surface area (Å²) in [5, 5.41) is 5.96. The summed E-state index contributed by atoms with van der Waals surface area (Å²) in [4.78, 5) is 0. The summed E-state index contributed by atoms with van der Waals surface area (Å²) >= 11 is 0. The fourth-order valence-corrected chi connectivity index (χ4v) is 0.952. The third kappa shape index (κ3) is 1.87. The molecule has 0 unspecified atom stereocenters. The lowest BCUT2D eigenvalue weighted by atomic mass is 10.2. The Morgan fingerprint density at radius 2 is 2.23 bits per heavy atom. The maximum Gasteiger partial charge on any atom is 0.150 e. The molecule has 0 fully saturated rings. The second kappa shape index (κ2) is 3.75.